The molecule has 2 heterocycles. The van der Waals surface area contributed by atoms with E-state index in [4.69, 9.17) is 11.6 Å². The van der Waals surface area contributed by atoms with Crippen LogP contribution in [0.2, 0.25) is 5.02 Å². The van der Waals surface area contributed by atoms with Gasteiger partial charge < -0.3 is 9.80 Å². The van der Waals surface area contributed by atoms with E-state index in [0.29, 0.717) is 15.5 Å². The first-order chi connectivity index (χ1) is 18.2. The molecule has 6 nitrogen and oxygen atoms in total. The Kier molecular flexibility index (Phi) is 6.64. The summed E-state index contributed by atoms with van der Waals surface area (Å²) < 4.78 is 30.3. The summed E-state index contributed by atoms with van der Waals surface area (Å²) in [7, 11) is 0. The van der Waals surface area contributed by atoms with Crippen molar-refractivity contribution in [3.8, 4) is 11.8 Å². The third kappa shape index (κ3) is 4.61. The number of halogens is 3. The maximum atomic E-state index is 15.1. The molecule has 2 aliphatic rings. The first-order valence-corrected chi connectivity index (χ1v) is 12.3. The number of nitrogens with zero attached hydrogens (tertiary/aromatic N) is 3. The van der Waals surface area contributed by atoms with Gasteiger partial charge in [-0.05, 0) is 48.9 Å². The summed E-state index contributed by atoms with van der Waals surface area (Å²) in [4.78, 5) is 43.3. The fourth-order valence-electron chi connectivity index (χ4n) is 4.85. The molecular formula is C29H22ClF2N3O3. The maximum absolute atomic E-state index is 15.1. The van der Waals surface area contributed by atoms with Crippen LogP contribution < -0.4 is 4.90 Å². The van der Waals surface area contributed by atoms with Crippen molar-refractivity contribution < 1.29 is 23.2 Å². The highest BCUT2D eigenvalue weighted by molar-refractivity contribution is 6.30. The van der Waals surface area contributed by atoms with E-state index in [2.05, 4.69) is 11.8 Å². The van der Waals surface area contributed by atoms with Crippen LogP contribution in [0.5, 0.6) is 0 Å². The molecule has 4 amide bonds. The normalized spacial score (nSPS) is 19.3. The van der Waals surface area contributed by atoms with Crippen molar-refractivity contribution in [2.75, 3.05) is 18.0 Å². The molecule has 3 aromatic rings. The molecular weight excluding hydrogens is 512 g/mol. The molecule has 38 heavy (non-hydrogen) atoms. The van der Waals surface area contributed by atoms with Crippen molar-refractivity contribution in [1.82, 2.24) is 9.80 Å². The zero-order valence-electron chi connectivity index (χ0n) is 20.4. The van der Waals surface area contributed by atoms with Crippen LogP contribution in [0.3, 0.4) is 0 Å². The molecule has 0 saturated carbocycles. The average molecular weight is 534 g/mol. The first kappa shape index (κ1) is 25.4. The van der Waals surface area contributed by atoms with E-state index in [1.807, 2.05) is 12.1 Å². The summed E-state index contributed by atoms with van der Waals surface area (Å²) in [5.41, 5.74) is -0.731. The number of anilines is 1. The van der Waals surface area contributed by atoms with Gasteiger partial charge >= 0.3 is 6.03 Å². The lowest BCUT2D eigenvalue weighted by atomic mass is 9.88. The third-order valence-corrected chi connectivity index (χ3v) is 6.97. The second-order valence-corrected chi connectivity index (χ2v) is 9.81. The fraction of sp³-hybridized carbons (Fsp3) is 0.207. The van der Waals surface area contributed by atoms with Crippen molar-refractivity contribution >= 4 is 35.1 Å². The summed E-state index contributed by atoms with van der Waals surface area (Å²) in [6.45, 7) is 2.04. The highest BCUT2D eigenvalue weighted by Gasteiger charge is 2.55. The van der Waals surface area contributed by atoms with E-state index in [0.717, 1.165) is 17.7 Å². The minimum absolute atomic E-state index is 0.0548. The summed E-state index contributed by atoms with van der Waals surface area (Å²) in [5, 5.41) is 0.527. The van der Waals surface area contributed by atoms with Gasteiger partial charge in [-0.1, -0.05) is 53.8 Å². The van der Waals surface area contributed by atoms with Gasteiger partial charge in [0, 0.05) is 35.8 Å². The molecule has 5 rings (SSSR count). The number of rotatable bonds is 3. The van der Waals surface area contributed by atoms with Gasteiger partial charge in [0.1, 0.15) is 11.2 Å². The van der Waals surface area contributed by atoms with E-state index in [1.54, 1.807) is 47.4 Å². The number of fused-ring (bicyclic) bond motifs is 1. The van der Waals surface area contributed by atoms with Crippen LogP contribution in [0.4, 0.5) is 19.3 Å². The van der Waals surface area contributed by atoms with Gasteiger partial charge in [0.25, 0.3) is 0 Å². The van der Waals surface area contributed by atoms with Gasteiger partial charge in [-0.25, -0.2) is 18.5 Å². The number of imide groups is 1. The molecule has 1 unspecified atom stereocenters. The van der Waals surface area contributed by atoms with Crippen LogP contribution >= 0.6 is 11.6 Å². The smallest absolute Gasteiger partial charge is 0.332 e. The molecule has 2 saturated heterocycles. The number of carbonyl (C=O) groups excluding carboxylic acids is 3. The highest BCUT2D eigenvalue weighted by Crippen LogP contribution is 2.37. The number of hydrogen-bond acceptors (Lipinski definition) is 3. The number of benzene rings is 3. The zero-order valence-corrected chi connectivity index (χ0v) is 21.1. The SMILES string of the molecule is CC12CC(=O)N(c3c(F)cc(C#Cc4ccccc4)cc3F)C(=O)N1CCN(Cc1cccc(Cl)c1)C2=O. The van der Waals surface area contributed by atoms with Gasteiger partial charge in [0.2, 0.25) is 11.8 Å². The molecule has 0 aliphatic carbocycles. The number of amides is 4. The van der Waals surface area contributed by atoms with E-state index in [-0.39, 0.29) is 25.2 Å². The van der Waals surface area contributed by atoms with Gasteiger partial charge in [0.05, 0.1) is 6.42 Å². The molecule has 192 valence electrons. The van der Waals surface area contributed by atoms with Gasteiger partial charge in [-0.3, -0.25) is 9.59 Å². The lowest BCUT2D eigenvalue weighted by Gasteiger charge is -2.51. The van der Waals surface area contributed by atoms with Crippen LogP contribution in [-0.4, -0.2) is 46.3 Å². The van der Waals surface area contributed by atoms with Gasteiger partial charge in [0.15, 0.2) is 11.6 Å². The van der Waals surface area contributed by atoms with Crippen LogP contribution in [0.25, 0.3) is 0 Å². The van der Waals surface area contributed by atoms with Crippen molar-refractivity contribution in [3.63, 3.8) is 0 Å². The van der Waals surface area contributed by atoms with Gasteiger partial charge in [-0.15, -0.1) is 0 Å². The number of piperazine rings is 1. The predicted molar refractivity (Wildman–Crippen MR) is 138 cm³/mol. The van der Waals surface area contributed by atoms with E-state index in [1.165, 1.54) is 11.8 Å². The van der Waals surface area contributed by atoms with Crippen molar-refractivity contribution in [2.45, 2.75) is 25.4 Å². The van der Waals surface area contributed by atoms with Crippen molar-refractivity contribution in [3.05, 3.63) is 100 Å². The molecule has 0 N–H and O–H groups in total. The van der Waals surface area contributed by atoms with Crippen LogP contribution in [0.1, 0.15) is 30.0 Å². The van der Waals surface area contributed by atoms with Crippen LogP contribution in [0, 0.1) is 23.5 Å². The Bertz CT molecular complexity index is 1500. The summed E-state index contributed by atoms with van der Waals surface area (Å²) in [5.74, 6) is 2.02. The second kappa shape index (κ2) is 9.92. The minimum atomic E-state index is -1.48. The lowest BCUT2D eigenvalue weighted by molar-refractivity contribution is -0.152. The third-order valence-electron chi connectivity index (χ3n) is 6.73. The Balaban J connectivity index is 1.40. The minimum Gasteiger partial charge on any atom is -0.335 e. The Hall–Kier alpha value is -4.22. The van der Waals surface area contributed by atoms with Crippen molar-refractivity contribution in [2.24, 2.45) is 0 Å². The fourth-order valence-corrected chi connectivity index (χ4v) is 5.06. The molecule has 2 fully saturated rings. The maximum Gasteiger partial charge on any atom is 0.332 e. The van der Waals surface area contributed by atoms with Gasteiger partial charge in [-0.2, -0.15) is 0 Å². The predicted octanol–water partition coefficient (Wildman–Crippen LogP) is 4.98. The second-order valence-electron chi connectivity index (χ2n) is 9.38. The molecule has 0 radical (unpaired) electrons. The first-order valence-electron chi connectivity index (χ1n) is 11.9. The van der Waals surface area contributed by atoms with Crippen LogP contribution in [-0.2, 0) is 16.1 Å². The van der Waals surface area contributed by atoms with E-state index >= 15 is 8.78 Å². The quantitative estimate of drug-likeness (QED) is 0.446. The lowest BCUT2D eigenvalue weighted by Crippen LogP contribution is -2.72. The molecule has 9 heteroatoms. The standard InChI is InChI=1S/C29H22ClF2N3O3/c1-29-17-25(36)35(26-23(31)15-20(16-24(26)32)11-10-19-6-3-2-4-7-19)28(38)34(29)13-12-33(27(29)37)18-21-8-5-9-22(30)14-21/h2-9,14-16H,12-13,17-18H2,1H3. The monoisotopic (exact) mass is 533 g/mol. The molecule has 0 aromatic heterocycles. The average Bonchev–Trinajstić information content (AvgIpc) is 2.87. The molecule has 0 bridgehead atoms. The van der Waals surface area contributed by atoms with Crippen LogP contribution in [0.15, 0.2) is 66.7 Å². The number of carbonyl (C=O) groups is 3. The molecule has 3 aromatic carbocycles. The largest absolute Gasteiger partial charge is 0.335 e. The molecule has 1 atom stereocenters. The zero-order chi connectivity index (χ0) is 27.0. The summed E-state index contributed by atoms with van der Waals surface area (Å²) in [6, 6.07) is 17.0. The topological polar surface area (TPSA) is 60.9 Å². The number of hydrogen-bond donors (Lipinski definition) is 0. The Morgan fingerprint density at radius 1 is 0.895 bits per heavy atom. The Morgan fingerprint density at radius 3 is 2.26 bits per heavy atom. The van der Waals surface area contributed by atoms with Crippen molar-refractivity contribution in [1.29, 1.82) is 0 Å². The molecule has 0 spiro atoms. The number of urea groups is 1. The Morgan fingerprint density at radius 2 is 1.58 bits per heavy atom. The van der Waals surface area contributed by atoms with E-state index < -0.39 is 47.1 Å². The summed E-state index contributed by atoms with van der Waals surface area (Å²) >= 11 is 6.06. The molecule has 2 aliphatic heterocycles. The summed E-state index contributed by atoms with van der Waals surface area (Å²) in [6.07, 6.45) is -0.419. The Labute approximate surface area is 223 Å². The van der Waals surface area contributed by atoms with E-state index in [9.17, 15) is 14.4 Å². The highest BCUT2D eigenvalue weighted by atomic mass is 35.5.